The van der Waals surface area contributed by atoms with Gasteiger partial charge < -0.3 is 11.1 Å². The van der Waals surface area contributed by atoms with Gasteiger partial charge in [-0.05, 0) is 32.4 Å². The fourth-order valence-corrected chi connectivity index (χ4v) is 2.92. The third-order valence-electron chi connectivity index (χ3n) is 2.76. The summed E-state index contributed by atoms with van der Waals surface area (Å²) in [5.41, 5.74) is 6.91. The predicted octanol–water partition coefficient (Wildman–Crippen LogP) is 1.18. The van der Waals surface area contributed by atoms with Gasteiger partial charge in [-0.2, -0.15) is 0 Å². The van der Waals surface area contributed by atoms with Gasteiger partial charge in [0.05, 0.1) is 10.7 Å². The van der Waals surface area contributed by atoms with Crippen molar-refractivity contribution >= 4 is 11.3 Å². The summed E-state index contributed by atoms with van der Waals surface area (Å²) in [5.74, 6) is 0.791. The number of thiazole rings is 1. The van der Waals surface area contributed by atoms with E-state index in [-0.39, 0.29) is 6.04 Å². The van der Waals surface area contributed by atoms with Gasteiger partial charge in [-0.1, -0.05) is 0 Å². The Labute approximate surface area is 95.1 Å². The van der Waals surface area contributed by atoms with Gasteiger partial charge in [0, 0.05) is 24.3 Å². The molecular formula is C11H19N3S. The number of aromatic nitrogens is 1. The topological polar surface area (TPSA) is 50.9 Å². The molecule has 4 heteroatoms. The first-order chi connectivity index (χ1) is 7.24. The summed E-state index contributed by atoms with van der Waals surface area (Å²) in [6, 6.07) is 0.216. The van der Waals surface area contributed by atoms with Crippen molar-refractivity contribution in [2.24, 2.45) is 11.7 Å². The number of nitrogens with zero attached hydrogens (tertiary/aromatic N) is 1. The normalized spacial score (nSPS) is 23.2. The van der Waals surface area contributed by atoms with Gasteiger partial charge in [-0.3, -0.25) is 0 Å². The number of nitrogens with two attached hydrogens (primary N) is 1. The van der Waals surface area contributed by atoms with Gasteiger partial charge in [-0.15, -0.1) is 11.3 Å². The van der Waals surface area contributed by atoms with Crippen molar-refractivity contribution in [3.05, 3.63) is 16.1 Å². The lowest BCUT2D eigenvalue weighted by Gasteiger charge is -2.04. The van der Waals surface area contributed by atoms with Gasteiger partial charge in [0.25, 0.3) is 0 Å². The summed E-state index contributed by atoms with van der Waals surface area (Å²) >= 11 is 1.78. The third-order valence-corrected chi connectivity index (χ3v) is 3.68. The summed E-state index contributed by atoms with van der Waals surface area (Å²) < 4.78 is 0. The molecule has 2 rings (SSSR count). The molecule has 0 amide bonds. The van der Waals surface area contributed by atoms with E-state index in [0.29, 0.717) is 0 Å². The van der Waals surface area contributed by atoms with Crippen LogP contribution in [-0.4, -0.2) is 24.1 Å². The van der Waals surface area contributed by atoms with Crippen LogP contribution in [0.1, 0.15) is 24.0 Å². The lowest BCUT2D eigenvalue weighted by molar-refractivity contribution is 0.577. The average Bonchev–Trinajstić information content (AvgIpc) is 2.77. The number of nitrogens with one attached hydrogen (secondary N) is 1. The Morgan fingerprint density at radius 3 is 3.27 bits per heavy atom. The molecule has 84 valence electrons. The first-order valence-corrected chi connectivity index (χ1v) is 6.51. The lowest BCUT2D eigenvalue weighted by Crippen LogP contribution is -2.18. The van der Waals surface area contributed by atoms with E-state index in [2.05, 4.69) is 15.7 Å². The zero-order valence-corrected chi connectivity index (χ0v) is 10.0. The van der Waals surface area contributed by atoms with Crippen molar-refractivity contribution in [1.29, 1.82) is 0 Å². The zero-order chi connectivity index (χ0) is 10.7. The summed E-state index contributed by atoms with van der Waals surface area (Å²) in [6.07, 6.45) is 3.33. The van der Waals surface area contributed by atoms with Crippen LogP contribution < -0.4 is 11.1 Å². The van der Waals surface area contributed by atoms with E-state index in [1.807, 2.05) is 6.92 Å². The van der Waals surface area contributed by atoms with Gasteiger partial charge in [0.1, 0.15) is 0 Å². The monoisotopic (exact) mass is 225 g/mol. The van der Waals surface area contributed by atoms with Gasteiger partial charge >= 0.3 is 0 Å². The van der Waals surface area contributed by atoms with Crippen LogP contribution in [0.3, 0.4) is 0 Å². The maximum absolute atomic E-state index is 5.75. The second kappa shape index (κ2) is 5.05. The average molecular weight is 225 g/mol. The molecule has 0 bridgehead atoms. The standard InChI is InChI=1S/C11H19N3S/c1-8(12)4-10-7-15-11(14-10)5-9-2-3-13-6-9/h7-9,13H,2-6,12H2,1H3. The highest BCUT2D eigenvalue weighted by molar-refractivity contribution is 7.09. The number of hydrogen-bond acceptors (Lipinski definition) is 4. The maximum Gasteiger partial charge on any atom is 0.0931 e. The van der Waals surface area contributed by atoms with Gasteiger partial charge in [-0.25, -0.2) is 4.98 Å². The molecule has 0 saturated carbocycles. The third kappa shape index (κ3) is 3.26. The molecule has 1 aliphatic heterocycles. The Hall–Kier alpha value is -0.450. The van der Waals surface area contributed by atoms with E-state index in [4.69, 9.17) is 5.73 Å². The van der Waals surface area contributed by atoms with E-state index < -0.39 is 0 Å². The van der Waals surface area contributed by atoms with Crippen LogP contribution in [0.5, 0.6) is 0 Å². The predicted molar refractivity (Wildman–Crippen MR) is 64.1 cm³/mol. The fourth-order valence-electron chi connectivity index (χ4n) is 2.00. The van der Waals surface area contributed by atoms with Crippen LogP contribution in [0.4, 0.5) is 0 Å². The van der Waals surface area contributed by atoms with Crippen LogP contribution in [0, 0.1) is 5.92 Å². The highest BCUT2D eigenvalue weighted by Crippen LogP contribution is 2.18. The smallest absolute Gasteiger partial charge is 0.0931 e. The zero-order valence-electron chi connectivity index (χ0n) is 9.20. The molecule has 1 aromatic rings. The van der Waals surface area contributed by atoms with E-state index >= 15 is 0 Å². The van der Waals surface area contributed by atoms with Crippen molar-refractivity contribution in [3.8, 4) is 0 Å². The van der Waals surface area contributed by atoms with Crippen LogP contribution in [0.2, 0.25) is 0 Å². The minimum absolute atomic E-state index is 0.216. The summed E-state index contributed by atoms with van der Waals surface area (Å²) in [4.78, 5) is 4.62. The number of rotatable bonds is 4. The molecule has 2 heterocycles. The molecule has 1 fully saturated rings. The highest BCUT2D eigenvalue weighted by atomic mass is 32.1. The summed E-state index contributed by atoms with van der Waals surface area (Å²) in [7, 11) is 0. The Bertz CT molecular complexity index is 303. The molecule has 0 aromatic carbocycles. The number of hydrogen-bond donors (Lipinski definition) is 2. The fraction of sp³-hybridized carbons (Fsp3) is 0.727. The SMILES string of the molecule is CC(N)Cc1csc(CC2CCNC2)n1. The van der Waals surface area contributed by atoms with Crippen molar-refractivity contribution in [2.45, 2.75) is 32.2 Å². The van der Waals surface area contributed by atoms with Crippen LogP contribution >= 0.6 is 11.3 Å². The largest absolute Gasteiger partial charge is 0.328 e. The quantitative estimate of drug-likeness (QED) is 0.809. The summed E-state index contributed by atoms with van der Waals surface area (Å²) in [6.45, 7) is 4.35. The van der Waals surface area contributed by atoms with E-state index in [9.17, 15) is 0 Å². The van der Waals surface area contributed by atoms with Gasteiger partial charge in [0.15, 0.2) is 0 Å². The molecule has 1 saturated heterocycles. The molecule has 0 aliphatic carbocycles. The molecule has 15 heavy (non-hydrogen) atoms. The molecule has 3 nitrogen and oxygen atoms in total. The van der Waals surface area contributed by atoms with Crippen molar-refractivity contribution in [1.82, 2.24) is 10.3 Å². The molecule has 2 atom stereocenters. The van der Waals surface area contributed by atoms with Crippen molar-refractivity contribution < 1.29 is 0 Å². The van der Waals surface area contributed by atoms with Crippen LogP contribution in [0.15, 0.2) is 5.38 Å². The molecule has 1 aliphatic rings. The molecular weight excluding hydrogens is 206 g/mol. The second-order valence-electron chi connectivity index (χ2n) is 4.48. The second-order valence-corrected chi connectivity index (χ2v) is 5.42. The highest BCUT2D eigenvalue weighted by Gasteiger charge is 2.16. The Kier molecular flexibility index (Phi) is 3.72. The first-order valence-electron chi connectivity index (χ1n) is 5.63. The molecule has 1 aromatic heterocycles. The van der Waals surface area contributed by atoms with Crippen molar-refractivity contribution in [2.75, 3.05) is 13.1 Å². The van der Waals surface area contributed by atoms with E-state index in [1.54, 1.807) is 11.3 Å². The minimum Gasteiger partial charge on any atom is -0.328 e. The van der Waals surface area contributed by atoms with Crippen LogP contribution in [0.25, 0.3) is 0 Å². The molecule has 0 radical (unpaired) electrons. The van der Waals surface area contributed by atoms with E-state index in [0.717, 1.165) is 31.0 Å². The maximum atomic E-state index is 5.75. The Morgan fingerprint density at radius 1 is 1.73 bits per heavy atom. The van der Waals surface area contributed by atoms with E-state index in [1.165, 1.54) is 18.0 Å². The molecule has 3 N–H and O–H groups in total. The van der Waals surface area contributed by atoms with Crippen LogP contribution in [-0.2, 0) is 12.8 Å². The molecule has 0 spiro atoms. The molecule has 2 unspecified atom stereocenters. The summed E-state index contributed by atoms with van der Waals surface area (Å²) in [5, 5.41) is 6.82. The van der Waals surface area contributed by atoms with Gasteiger partial charge in [0.2, 0.25) is 0 Å². The Balaban J connectivity index is 1.88. The van der Waals surface area contributed by atoms with Crippen molar-refractivity contribution in [3.63, 3.8) is 0 Å². The minimum atomic E-state index is 0.216. The lowest BCUT2D eigenvalue weighted by atomic mass is 10.1. The Morgan fingerprint density at radius 2 is 2.60 bits per heavy atom. The first kappa shape index (κ1) is 11.0.